The molecule has 0 aliphatic carbocycles. The van der Waals surface area contributed by atoms with Crippen molar-refractivity contribution >= 4 is 11.6 Å². The number of anilines is 1. The Bertz CT molecular complexity index is 377. The number of carbonyl (C=O) groups excluding carboxylic acids is 1. The van der Waals surface area contributed by atoms with Crippen molar-refractivity contribution in [2.24, 2.45) is 0 Å². The van der Waals surface area contributed by atoms with Crippen LogP contribution in [0.3, 0.4) is 0 Å². The minimum atomic E-state index is -0.659. The van der Waals surface area contributed by atoms with Crippen molar-refractivity contribution in [1.82, 2.24) is 0 Å². The summed E-state index contributed by atoms with van der Waals surface area (Å²) in [7, 11) is 0. The molecule has 1 aromatic carbocycles. The molecule has 1 aromatic rings. The average molecular weight is 225 g/mol. The maximum atomic E-state index is 13.2. The third-order valence-corrected chi connectivity index (χ3v) is 2.24. The summed E-state index contributed by atoms with van der Waals surface area (Å²) in [5.74, 6) is -0.850. The van der Waals surface area contributed by atoms with E-state index < -0.39 is 11.9 Å². The summed E-state index contributed by atoms with van der Waals surface area (Å²) < 4.78 is 23.5. The molecular formula is C11H12FNO3. The smallest absolute Gasteiger partial charge is 0.255 e. The van der Waals surface area contributed by atoms with E-state index in [0.717, 1.165) is 0 Å². The molecule has 1 aliphatic heterocycles. The van der Waals surface area contributed by atoms with Gasteiger partial charge < -0.3 is 14.8 Å². The van der Waals surface area contributed by atoms with Gasteiger partial charge in [-0.2, -0.15) is 0 Å². The van der Waals surface area contributed by atoms with Gasteiger partial charge in [0.2, 0.25) is 0 Å². The van der Waals surface area contributed by atoms with Gasteiger partial charge in [0.1, 0.15) is 5.82 Å². The highest BCUT2D eigenvalue weighted by Gasteiger charge is 2.23. The molecular weight excluding hydrogens is 213 g/mol. The molecule has 86 valence electrons. The van der Waals surface area contributed by atoms with Gasteiger partial charge in [-0.15, -0.1) is 0 Å². The molecule has 1 amide bonds. The van der Waals surface area contributed by atoms with Gasteiger partial charge in [-0.1, -0.05) is 12.1 Å². The Balaban J connectivity index is 1.99. The lowest BCUT2D eigenvalue weighted by molar-refractivity contribution is -0.142. The van der Waals surface area contributed by atoms with Crippen molar-refractivity contribution in [2.45, 2.75) is 6.10 Å². The van der Waals surface area contributed by atoms with E-state index in [0.29, 0.717) is 13.2 Å². The van der Waals surface area contributed by atoms with Crippen LogP contribution in [-0.4, -0.2) is 31.8 Å². The van der Waals surface area contributed by atoms with Crippen LogP contribution in [0.2, 0.25) is 0 Å². The number of hydrogen-bond donors (Lipinski definition) is 1. The summed E-state index contributed by atoms with van der Waals surface area (Å²) in [6.45, 7) is 1.08. The fraction of sp³-hybridized carbons (Fsp3) is 0.364. The van der Waals surface area contributed by atoms with E-state index in [1.807, 2.05) is 0 Å². The van der Waals surface area contributed by atoms with Gasteiger partial charge in [-0.3, -0.25) is 4.79 Å². The molecule has 1 heterocycles. The molecule has 1 aliphatic rings. The van der Waals surface area contributed by atoms with Crippen LogP contribution < -0.4 is 5.32 Å². The molecule has 1 atom stereocenters. The number of benzene rings is 1. The number of amides is 1. The summed E-state index contributed by atoms with van der Waals surface area (Å²) in [6.07, 6.45) is -0.659. The zero-order chi connectivity index (χ0) is 11.4. The normalized spacial score (nSPS) is 20.4. The first kappa shape index (κ1) is 11.0. The van der Waals surface area contributed by atoms with Gasteiger partial charge in [0.05, 0.1) is 25.5 Å². The first-order valence-electron chi connectivity index (χ1n) is 5.02. The van der Waals surface area contributed by atoms with E-state index >= 15 is 0 Å². The van der Waals surface area contributed by atoms with Crippen LogP contribution in [0.15, 0.2) is 24.3 Å². The molecule has 1 saturated heterocycles. The molecule has 0 aromatic heterocycles. The number of rotatable bonds is 2. The molecule has 4 nitrogen and oxygen atoms in total. The topological polar surface area (TPSA) is 47.6 Å². The highest BCUT2D eigenvalue weighted by Crippen LogP contribution is 2.13. The van der Waals surface area contributed by atoms with E-state index in [4.69, 9.17) is 9.47 Å². The second-order valence-electron chi connectivity index (χ2n) is 3.40. The van der Waals surface area contributed by atoms with Crippen molar-refractivity contribution < 1.29 is 18.7 Å². The van der Waals surface area contributed by atoms with Gasteiger partial charge in [-0.05, 0) is 12.1 Å². The average Bonchev–Trinajstić information content (AvgIpc) is 2.33. The summed E-state index contributed by atoms with van der Waals surface area (Å²) >= 11 is 0. The van der Waals surface area contributed by atoms with Crippen LogP contribution in [0.25, 0.3) is 0 Å². The largest absolute Gasteiger partial charge is 0.376 e. The predicted molar refractivity (Wildman–Crippen MR) is 55.6 cm³/mol. The number of carbonyl (C=O) groups is 1. The van der Waals surface area contributed by atoms with E-state index in [1.54, 1.807) is 12.1 Å². The molecule has 5 heteroatoms. The van der Waals surface area contributed by atoms with Crippen LogP contribution in [0, 0.1) is 5.82 Å². The molecule has 0 spiro atoms. The highest BCUT2D eigenvalue weighted by molar-refractivity contribution is 5.94. The third-order valence-electron chi connectivity index (χ3n) is 2.24. The maximum Gasteiger partial charge on any atom is 0.255 e. The van der Waals surface area contributed by atoms with E-state index in [1.165, 1.54) is 12.1 Å². The molecule has 1 N–H and O–H groups in total. The standard InChI is InChI=1S/C11H12FNO3/c12-8-3-1-2-4-9(8)13-11(14)10-7-15-5-6-16-10/h1-4,10H,5-7H2,(H,13,14). The summed E-state index contributed by atoms with van der Waals surface area (Å²) in [6, 6.07) is 5.99. The van der Waals surface area contributed by atoms with Crippen LogP contribution in [0.5, 0.6) is 0 Å². The SMILES string of the molecule is O=C(Nc1ccccc1F)C1COCCO1. The van der Waals surface area contributed by atoms with Crippen LogP contribution in [-0.2, 0) is 14.3 Å². The lowest BCUT2D eigenvalue weighted by Crippen LogP contribution is -2.39. The molecule has 1 fully saturated rings. The molecule has 0 bridgehead atoms. The number of ether oxygens (including phenoxy) is 2. The molecule has 0 saturated carbocycles. The lowest BCUT2D eigenvalue weighted by atomic mass is 10.2. The van der Waals surface area contributed by atoms with Crippen molar-refractivity contribution in [3.05, 3.63) is 30.1 Å². The first-order chi connectivity index (χ1) is 7.77. The molecule has 0 radical (unpaired) electrons. The summed E-state index contributed by atoms with van der Waals surface area (Å²) in [5, 5.41) is 2.46. The van der Waals surface area contributed by atoms with Crippen LogP contribution in [0.4, 0.5) is 10.1 Å². The van der Waals surface area contributed by atoms with Crippen molar-refractivity contribution in [3.8, 4) is 0 Å². The minimum Gasteiger partial charge on any atom is -0.376 e. The molecule has 1 unspecified atom stereocenters. The van der Waals surface area contributed by atoms with Gasteiger partial charge in [0.15, 0.2) is 6.10 Å². The van der Waals surface area contributed by atoms with Gasteiger partial charge in [-0.25, -0.2) is 4.39 Å². The first-order valence-corrected chi connectivity index (χ1v) is 5.02. The summed E-state index contributed by atoms with van der Waals surface area (Å²) in [4.78, 5) is 11.6. The minimum absolute atomic E-state index is 0.154. The van der Waals surface area contributed by atoms with Crippen LogP contribution in [0.1, 0.15) is 0 Å². The maximum absolute atomic E-state index is 13.2. The fourth-order valence-corrected chi connectivity index (χ4v) is 1.41. The van der Waals surface area contributed by atoms with E-state index in [-0.39, 0.29) is 18.2 Å². The van der Waals surface area contributed by atoms with Gasteiger partial charge in [0.25, 0.3) is 5.91 Å². The number of halogens is 1. The number of hydrogen-bond acceptors (Lipinski definition) is 3. The van der Waals surface area contributed by atoms with Crippen molar-refractivity contribution in [1.29, 1.82) is 0 Å². The Kier molecular flexibility index (Phi) is 3.48. The van der Waals surface area contributed by atoms with Crippen LogP contribution >= 0.6 is 0 Å². The Hall–Kier alpha value is -1.46. The lowest BCUT2D eigenvalue weighted by Gasteiger charge is -2.22. The van der Waals surface area contributed by atoms with Crippen molar-refractivity contribution in [3.63, 3.8) is 0 Å². The zero-order valence-electron chi connectivity index (χ0n) is 8.61. The second kappa shape index (κ2) is 5.05. The second-order valence-corrected chi connectivity index (χ2v) is 3.40. The third kappa shape index (κ3) is 2.56. The quantitative estimate of drug-likeness (QED) is 0.822. The van der Waals surface area contributed by atoms with Crippen molar-refractivity contribution in [2.75, 3.05) is 25.1 Å². The zero-order valence-corrected chi connectivity index (χ0v) is 8.61. The Morgan fingerprint density at radius 2 is 2.19 bits per heavy atom. The van der Waals surface area contributed by atoms with E-state index in [9.17, 15) is 9.18 Å². The number of nitrogens with one attached hydrogen (secondary N) is 1. The summed E-state index contributed by atoms with van der Waals surface area (Å²) in [5.41, 5.74) is 0.154. The highest BCUT2D eigenvalue weighted by atomic mass is 19.1. The van der Waals surface area contributed by atoms with Gasteiger partial charge >= 0.3 is 0 Å². The predicted octanol–water partition coefficient (Wildman–Crippen LogP) is 1.18. The molecule has 16 heavy (non-hydrogen) atoms. The Morgan fingerprint density at radius 3 is 2.88 bits per heavy atom. The monoisotopic (exact) mass is 225 g/mol. The Morgan fingerprint density at radius 1 is 1.38 bits per heavy atom. The number of para-hydroxylation sites is 1. The molecule has 2 rings (SSSR count). The Labute approximate surface area is 92.4 Å². The fourth-order valence-electron chi connectivity index (χ4n) is 1.41. The van der Waals surface area contributed by atoms with E-state index in [2.05, 4.69) is 5.32 Å². The van der Waals surface area contributed by atoms with Gasteiger partial charge in [0, 0.05) is 0 Å².